The Morgan fingerprint density at radius 1 is 1.15 bits per heavy atom. The van der Waals surface area contributed by atoms with Crippen LogP contribution in [0, 0.1) is 25.5 Å². The van der Waals surface area contributed by atoms with Crippen molar-refractivity contribution in [1.29, 1.82) is 0 Å². The average molecular weight is 470 g/mol. The van der Waals surface area contributed by atoms with Crippen LogP contribution in [0.1, 0.15) is 23.3 Å². The molecule has 2 amide bonds. The van der Waals surface area contributed by atoms with Crippen LogP contribution in [-0.2, 0) is 16.1 Å². The summed E-state index contributed by atoms with van der Waals surface area (Å²) in [6, 6.07) is 12.2. The summed E-state index contributed by atoms with van der Waals surface area (Å²) in [6.07, 6.45) is 1.33. The number of halogens is 2. The van der Waals surface area contributed by atoms with Crippen LogP contribution in [0.5, 0.6) is 0 Å². The number of amidine groups is 1. The maximum absolute atomic E-state index is 13.9. The van der Waals surface area contributed by atoms with Crippen molar-refractivity contribution in [2.24, 2.45) is 4.99 Å². The van der Waals surface area contributed by atoms with Crippen LogP contribution < -0.4 is 5.32 Å². The van der Waals surface area contributed by atoms with Crippen molar-refractivity contribution >= 4 is 40.1 Å². The summed E-state index contributed by atoms with van der Waals surface area (Å²) in [5.74, 6) is -1.90. The molecule has 0 saturated carbocycles. The van der Waals surface area contributed by atoms with Crippen molar-refractivity contribution in [3.63, 3.8) is 0 Å². The van der Waals surface area contributed by atoms with Gasteiger partial charge in [-0.25, -0.2) is 13.8 Å². The van der Waals surface area contributed by atoms with Gasteiger partial charge in [0.2, 0.25) is 11.8 Å². The Balaban J connectivity index is 1.57. The number of carbonyl (C=O) groups is 2. The molecule has 0 aliphatic carbocycles. The standard InChI is InChI=1S/C24H21F2N3O3S/c1-14-5-3-6-15(2)22(14)28-24-29(13-17-7-4-10-32-17)23(31)20(33-24)12-21(30)27-19-9-8-16(25)11-18(19)26/h3-11,20H,12-13H2,1-2H3,(H,27,30). The lowest BCUT2D eigenvalue weighted by atomic mass is 10.1. The SMILES string of the molecule is Cc1cccc(C)c1N=C1SC(CC(=O)Nc2ccc(F)cc2F)C(=O)N1Cc1ccco1. The zero-order valence-electron chi connectivity index (χ0n) is 18.0. The third-order valence-corrected chi connectivity index (χ3v) is 6.31. The largest absolute Gasteiger partial charge is 0.467 e. The van der Waals surface area contributed by atoms with E-state index < -0.39 is 22.8 Å². The number of para-hydroxylation sites is 1. The van der Waals surface area contributed by atoms with Gasteiger partial charge in [-0.05, 0) is 49.2 Å². The number of rotatable bonds is 6. The topological polar surface area (TPSA) is 74.9 Å². The summed E-state index contributed by atoms with van der Waals surface area (Å²) in [7, 11) is 0. The monoisotopic (exact) mass is 469 g/mol. The van der Waals surface area contributed by atoms with Gasteiger partial charge in [0.05, 0.1) is 24.2 Å². The summed E-state index contributed by atoms with van der Waals surface area (Å²) < 4.78 is 32.4. The fourth-order valence-corrected chi connectivity index (χ4v) is 4.61. The highest BCUT2D eigenvalue weighted by Gasteiger charge is 2.39. The minimum absolute atomic E-state index is 0.145. The van der Waals surface area contributed by atoms with Crippen molar-refractivity contribution in [3.05, 3.63) is 83.3 Å². The fraction of sp³-hybridized carbons (Fsp3) is 0.208. The van der Waals surface area contributed by atoms with Crippen LogP contribution >= 0.6 is 11.8 Å². The number of nitrogens with one attached hydrogen (secondary N) is 1. The summed E-state index contributed by atoms with van der Waals surface area (Å²) in [4.78, 5) is 32.0. The highest BCUT2D eigenvalue weighted by Crippen LogP contribution is 2.35. The van der Waals surface area contributed by atoms with E-state index in [0.717, 1.165) is 28.9 Å². The average Bonchev–Trinajstić information content (AvgIpc) is 3.37. The number of hydrogen-bond donors (Lipinski definition) is 1. The highest BCUT2D eigenvalue weighted by molar-refractivity contribution is 8.15. The molecule has 1 aliphatic rings. The molecule has 1 N–H and O–H groups in total. The van der Waals surface area contributed by atoms with Crippen molar-refractivity contribution in [2.75, 3.05) is 5.32 Å². The van der Waals surface area contributed by atoms with Gasteiger partial charge in [0.15, 0.2) is 5.17 Å². The van der Waals surface area contributed by atoms with Gasteiger partial charge in [-0.3, -0.25) is 14.5 Å². The highest BCUT2D eigenvalue weighted by atomic mass is 32.2. The van der Waals surface area contributed by atoms with Gasteiger partial charge in [0.1, 0.15) is 22.6 Å². The molecule has 1 aromatic heterocycles. The third kappa shape index (κ3) is 5.14. The smallest absolute Gasteiger partial charge is 0.243 e. The van der Waals surface area contributed by atoms with E-state index in [1.165, 1.54) is 22.9 Å². The summed E-state index contributed by atoms with van der Waals surface area (Å²) in [6.45, 7) is 4.05. The normalized spacial score (nSPS) is 17.1. The number of benzene rings is 2. The first kappa shape index (κ1) is 22.7. The van der Waals surface area contributed by atoms with E-state index in [1.54, 1.807) is 12.1 Å². The van der Waals surface area contributed by atoms with Gasteiger partial charge < -0.3 is 9.73 Å². The van der Waals surface area contributed by atoms with E-state index in [-0.39, 0.29) is 24.6 Å². The number of aryl methyl sites for hydroxylation is 2. The molecule has 170 valence electrons. The van der Waals surface area contributed by atoms with Crippen LogP contribution in [0.3, 0.4) is 0 Å². The fourth-order valence-electron chi connectivity index (χ4n) is 3.47. The first-order valence-electron chi connectivity index (χ1n) is 10.2. The number of aliphatic imine (C=N–C) groups is 1. The molecule has 0 spiro atoms. The second kappa shape index (κ2) is 9.58. The molecule has 2 aromatic carbocycles. The number of furan rings is 1. The molecule has 9 heteroatoms. The van der Waals surface area contributed by atoms with Gasteiger partial charge in [-0.2, -0.15) is 0 Å². The predicted octanol–water partition coefficient (Wildman–Crippen LogP) is 5.34. The maximum Gasteiger partial charge on any atom is 0.243 e. The zero-order valence-corrected chi connectivity index (χ0v) is 18.8. The minimum atomic E-state index is -0.884. The van der Waals surface area contributed by atoms with Gasteiger partial charge in [0, 0.05) is 12.5 Å². The molecule has 2 heterocycles. The Morgan fingerprint density at radius 3 is 2.58 bits per heavy atom. The molecule has 0 radical (unpaired) electrons. The van der Waals surface area contributed by atoms with Crippen LogP contribution in [0.2, 0.25) is 0 Å². The molecule has 1 unspecified atom stereocenters. The van der Waals surface area contributed by atoms with Crippen molar-refractivity contribution < 1.29 is 22.8 Å². The molecule has 1 aliphatic heterocycles. The molecular formula is C24H21F2N3O3S. The van der Waals surface area contributed by atoms with E-state index in [2.05, 4.69) is 5.32 Å². The maximum atomic E-state index is 13.9. The number of anilines is 1. The van der Waals surface area contributed by atoms with Gasteiger partial charge in [-0.15, -0.1) is 0 Å². The number of carbonyl (C=O) groups excluding carboxylic acids is 2. The summed E-state index contributed by atoms with van der Waals surface area (Å²) in [5.41, 5.74) is 2.53. The molecule has 33 heavy (non-hydrogen) atoms. The summed E-state index contributed by atoms with van der Waals surface area (Å²) >= 11 is 1.18. The van der Waals surface area contributed by atoms with Crippen molar-refractivity contribution in [2.45, 2.75) is 32.1 Å². The van der Waals surface area contributed by atoms with E-state index in [0.29, 0.717) is 17.0 Å². The van der Waals surface area contributed by atoms with Crippen LogP contribution in [0.25, 0.3) is 0 Å². The van der Waals surface area contributed by atoms with E-state index in [4.69, 9.17) is 9.41 Å². The summed E-state index contributed by atoms with van der Waals surface area (Å²) in [5, 5.41) is 2.12. The van der Waals surface area contributed by atoms with Gasteiger partial charge >= 0.3 is 0 Å². The van der Waals surface area contributed by atoms with Crippen LogP contribution in [-0.4, -0.2) is 27.1 Å². The number of nitrogens with zero attached hydrogens (tertiary/aromatic N) is 2. The van der Waals surface area contributed by atoms with Crippen molar-refractivity contribution in [3.8, 4) is 0 Å². The quantitative estimate of drug-likeness (QED) is 0.529. The van der Waals surface area contributed by atoms with Gasteiger partial charge in [-0.1, -0.05) is 30.0 Å². The molecule has 4 rings (SSSR count). The number of amides is 2. The Bertz CT molecular complexity index is 1210. The van der Waals surface area contributed by atoms with Crippen LogP contribution in [0.15, 0.2) is 64.2 Å². The molecule has 1 saturated heterocycles. The van der Waals surface area contributed by atoms with E-state index in [1.807, 2.05) is 32.0 Å². The Morgan fingerprint density at radius 2 is 1.91 bits per heavy atom. The molecule has 0 bridgehead atoms. The molecular weight excluding hydrogens is 448 g/mol. The minimum Gasteiger partial charge on any atom is -0.467 e. The lowest BCUT2D eigenvalue weighted by molar-refractivity contribution is -0.128. The molecule has 3 aromatic rings. The Labute approximate surface area is 193 Å². The first-order chi connectivity index (χ1) is 15.8. The van der Waals surface area contributed by atoms with Gasteiger partial charge in [0.25, 0.3) is 0 Å². The zero-order chi connectivity index (χ0) is 23.5. The Kier molecular flexibility index (Phi) is 6.60. The van der Waals surface area contributed by atoms with E-state index >= 15 is 0 Å². The van der Waals surface area contributed by atoms with E-state index in [9.17, 15) is 18.4 Å². The van der Waals surface area contributed by atoms with Crippen LogP contribution in [0.4, 0.5) is 20.2 Å². The Hall–Kier alpha value is -3.46. The lowest BCUT2D eigenvalue weighted by Crippen LogP contribution is -2.33. The van der Waals surface area contributed by atoms with Crippen molar-refractivity contribution in [1.82, 2.24) is 4.90 Å². The second-order valence-electron chi connectivity index (χ2n) is 7.62. The molecule has 1 atom stereocenters. The molecule has 6 nitrogen and oxygen atoms in total. The number of thioether (sulfide) groups is 1. The third-order valence-electron chi connectivity index (χ3n) is 5.14. The lowest BCUT2D eigenvalue weighted by Gasteiger charge is -2.15. The predicted molar refractivity (Wildman–Crippen MR) is 123 cm³/mol. The molecule has 1 fully saturated rings. The number of hydrogen-bond acceptors (Lipinski definition) is 5. The second-order valence-corrected chi connectivity index (χ2v) is 8.79. The first-order valence-corrected chi connectivity index (χ1v) is 11.1.